The average Bonchev–Trinajstić information content (AvgIpc) is 2.92. The van der Waals surface area contributed by atoms with Gasteiger partial charge in [-0.2, -0.15) is 0 Å². The first-order chi connectivity index (χ1) is 10.4. The highest BCUT2D eigenvalue weighted by molar-refractivity contribution is 6.32. The van der Waals surface area contributed by atoms with Crippen LogP contribution in [0.4, 0.5) is 5.82 Å². The van der Waals surface area contributed by atoms with Gasteiger partial charge in [-0.15, -0.1) is 5.10 Å². The number of anilines is 1. The summed E-state index contributed by atoms with van der Waals surface area (Å²) in [4.78, 5) is 12.7. The number of rotatable bonds is 4. The van der Waals surface area contributed by atoms with E-state index < -0.39 is 0 Å². The number of aromatic nitrogens is 5. The lowest BCUT2D eigenvalue weighted by Crippen LogP contribution is -2.01. The van der Waals surface area contributed by atoms with Crippen molar-refractivity contribution in [2.75, 3.05) is 5.73 Å². The van der Waals surface area contributed by atoms with E-state index in [-0.39, 0.29) is 16.6 Å². The molecule has 2 aromatic rings. The van der Waals surface area contributed by atoms with Crippen LogP contribution in [-0.2, 0) is 7.05 Å². The Morgan fingerprint density at radius 1 is 1.45 bits per heavy atom. The molecule has 0 atom stereocenters. The van der Waals surface area contributed by atoms with E-state index in [2.05, 4.69) is 26.6 Å². The number of allylic oxidation sites excluding steroid dienone is 4. The fraction of sp³-hybridized carbons (Fsp3) is 0.143. The number of aliphatic hydroxyl groups excluding tert-OH is 1. The zero-order valence-electron chi connectivity index (χ0n) is 12.2. The Morgan fingerprint density at radius 2 is 2.18 bits per heavy atom. The minimum atomic E-state index is -0.123. The van der Waals surface area contributed by atoms with Gasteiger partial charge in [-0.1, -0.05) is 18.2 Å². The summed E-state index contributed by atoms with van der Waals surface area (Å²) in [5, 5.41) is 13.9. The SMILES string of the molecule is C=C/C(O)=C(Cl)\C=C(/C)c1ncc(N)nc1-c1ncn(C)n1. The Labute approximate surface area is 132 Å². The molecule has 0 aliphatic rings. The molecule has 8 heteroatoms. The minimum Gasteiger partial charge on any atom is -0.506 e. The molecule has 2 heterocycles. The third kappa shape index (κ3) is 3.32. The molecule has 3 N–H and O–H groups in total. The van der Waals surface area contributed by atoms with Gasteiger partial charge in [0.1, 0.15) is 23.6 Å². The standard InChI is InChI=1S/C14H15ClN6O/c1-4-10(22)9(15)5-8(2)12-13(19-11(16)6-17-12)14-18-7-21(3)20-14/h4-7,22H,1H2,2-3H3,(H2,16,19)/b8-5+,10-9-. The summed E-state index contributed by atoms with van der Waals surface area (Å²) in [7, 11) is 1.75. The minimum absolute atomic E-state index is 0.123. The predicted molar refractivity (Wildman–Crippen MR) is 85.8 cm³/mol. The average molecular weight is 319 g/mol. The lowest BCUT2D eigenvalue weighted by atomic mass is 10.1. The number of nitrogens with zero attached hydrogens (tertiary/aromatic N) is 5. The van der Waals surface area contributed by atoms with Gasteiger partial charge in [-0.3, -0.25) is 9.67 Å². The van der Waals surface area contributed by atoms with E-state index in [0.717, 1.165) is 0 Å². The highest BCUT2D eigenvalue weighted by Gasteiger charge is 2.15. The van der Waals surface area contributed by atoms with E-state index in [1.54, 1.807) is 31.1 Å². The second kappa shape index (κ2) is 6.40. The van der Waals surface area contributed by atoms with E-state index in [9.17, 15) is 5.11 Å². The van der Waals surface area contributed by atoms with Gasteiger partial charge in [0.25, 0.3) is 0 Å². The van der Waals surface area contributed by atoms with Crippen molar-refractivity contribution >= 4 is 23.0 Å². The largest absolute Gasteiger partial charge is 0.506 e. The van der Waals surface area contributed by atoms with Crippen molar-refractivity contribution in [1.82, 2.24) is 24.7 Å². The number of hydrogen-bond acceptors (Lipinski definition) is 6. The van der Waals surface area contributed by atoms with Gasteiger partial charge in [0.2, 0.25) is 5.82 Å². The van der Waals surface area contributed by atoms with Crippen molar-refractivity contribution < 1.29 is 5.11 Å². The number of aryl methyl sites for hydroxylation is 1. The predicted octanol–water partition coefficient (Wildman–Crippen LogP) is 2.45. The topological polar surface area (TPSA) is 103 Å². The summed E-state index contributed by atoms with van der Waals surface area (Å²) in [6.07, 6.45) is 5.80. The first-order valence-electron chi connectivity index (χ1n) is 6.30. The summed E-state index contributed by atoms with van der Waals surface area (Å²) in [6, 6.07) is 0. The maximum absolute atomic E-state index is 9.56. The fourth-order valence-electron chi connectivity index (χ4n) is 1.72. The second-order valence-electron chi connectivity index (χ2n) is 4.50. The Balaban J connectivity index is 2.56. The molecule has 0 amide bonds. The van der Waals surface area contributed by atoms with Crippen LogP contribution in [0.1, 0.15) is 12.6 Å². The first-order valence-corrected chi connectivity index (χ1v) is 6.68. The normalized spacial score (nSPS) is 13.0. The molecule has 0 aliphatic heterocycles. The molecule has 0 bridgehead atoms. The van der Waals surface area contributed by atoms with Crippen LogP contribution < -0.4 is 5.73 Å². The van der Waals surface area contributed by atoms with Gasteiger partial charge < -0.3 is 10.8 Å². The van der Waals surface area contributed by atoms with Crippen LogP contribution >= 0.6 is 11.6 Å². The molecule has 0 saturated heterocycles. The molecule has 0 aromatic carbocycles. The smallest absolute Gasteiger partial charge is 0.202 e. The molecule has 22 heavy (non-hydrogen) atoms. The Bertz CT molecular complexity index is 777. The lowest BCUT2D eigenvalue weighted by Gasteiger charge is -2.06. The van der Waals surface area contributed by atoms with Crippen molar-refractivity contribution in [1.29, 1.82) is 0 Å². The van der Waals surface area contributed by atoms with E-state index in [0.29, 0.717) is 22.8 Å². The van der Waals surface area contributed by atoms with Crippen LogP contribution in [0.2, 0.25) is 0 Å². The van der Waals surface area contributed by atoms with E-state index >= 15 is 0 Å². The zero-order valence-corrected chi connectivity index (χ0v) is 12.9. The zero-order chi connectivity index (χ0) is 16.3. The third-order valence-electron chi connectivity index (χ3n) is 2.76. The van der Waals surface area contributed by atoms with Crippen LogP contribution in [0.3, 0.4) is 0 Å². The van der Waals surface area contributed by atoms with Crippen LogP contribution in [0.15, 0.2) is 42.0 Å². The van der Waals surface area contributed by atoms with Gasteiger partial charge in [0, 0.05) is 7.05 Å². The number of halogens is 1. The Kier molecular flexibility index (Phi) is 4.57. The van der Waals surface area contributed by atoms with Gasteiger partial charge in [0.05, 0.1) is 16.9 Å². The highest BCUT2D eigenvalue weighted by atomic mass is 35.5. The number of aliphatic hydroxyl groups is 1. The summed E-state index contributed by atoms with van der Waals surface area (Å²) >= 11 is 5.98. The van der Waals surface area contributed by atoms with E-state index in [1.807, 2.05) is 0 Å². The van der Waals surface area contributed by atoms with Crippen LogP contribution in [0, 0.1) is 0 Å². The van der Waals surface area contributed by atoms with Crippen LogP contribution in [0.25, 0.3) is 17.1 Å². The molecule has 0 aliphatic carbocycles. The van der Waals surface area contributed by atoms with Crippen molar-refractivity contribution in [3.63, 3.8) is 0 Å². The molecular formula is C14H15ClN6O. The van der Waals surface area contributed by atoms with Gasteiger partial charge in [0.15, 0.2) is 0 Å². The molecule has 0 unspecified atom stereocenters. The van der Waals surface area contributed by atoms with Crippen LogP contribution in [0.5, 0.6) is 0 Å². The number of hydrogen-bond donors (Lipinski definition) is 2. The summed E-state index contributed by atoms with van der Waals surface area (Å²) in [5.41, 5.74) is 7.34. The van der Waals surface area contributed by atoms with Crippen molar-refractivity contribution in [2.24, 2.45) is 7.05 Å². The van der Waals surface area contributed by atoms with E-state index in [1.165, 1.54) is 12.3 Å². The Hall–Kier alpha value is -2.67. The van der Waals surface area contributed by atoms with Crippen molar-refractivity contribution in [3.05, 3.63) is 47.7 Å². The summed E-state index contributed by atoms with van der Waals surface area (Å²) in [6.45, 7) is 5.24. The van der Waals surface area contributed by atoms with Gasteiger partial charge in [-0.25, -0.2) is 9.97 Å². The second-order valence-corrected chi connectivity index (χ2v) is 4.91. The van der Waals surface area contributed by atoms with E-state index in [4.69, 9.17) is 17.3 Å². The fourth-order valence-corrected chi connectivity index (χ4v) is 1.97. The van der Waals surface area contributed by atoms with Gasteiger partial charge >= 0.3 is 0 Å². The van der Waals surface area contributed by atoms with Crippen molar-refractivity contribution in [3.8, 4) is 11.5 Å². The molecule has 2 aromatic heterocycles. The number of nitrogen functional groups attached to an aromatic ring is 1. The summed E-state index contributed by atoms with van der Waals surface area (Å²) < 4.78 is 1.56. The maximum Gasteiger partial charge on any atom is 0.202 e. The molecule has 0 saturated carbocycles. The molecule has 114 valence electrons. The lowest BCUT2D eigenvalue weighted by molar-refractivity contribution is 0.431. The molecule has 0 spiro atoms. The molecular weight excluding hydrogens is 304 g/mol. The Morgan fingerprint density at radius 3 is 2.77 bits per heavy atom. The molecule has 0 radical (unpaired) electrons. The van der Waals surface area contributed by atoms with Crippen LogP contribution in [-0.4, -0.2) is 29.8 Å². The van der Waals surface area contributed by atoms with Crippen molar-refractivity contribution in [2.45, 2.75) is 6.92 Å². The third-order valence-corrected chi connectivity index (χ3v) is 3.06. The highest BCUT2D eigenvalue weighted by Crippen LogP contribution is 2.25. The molecule has 7 nitrogen and oxygen atoms in total. The summed E-state index contributed by atoms with van der Waals surface area (Å²) in [5.74, 6) is 0.537. The van der Waals surface area contributed by atoms with Gasteiger partial charge in [-0.05, 0) is 24.6 Å². The first kappa shape index (κ1) is 15.7. The maximum atomic E-state index is 9.56. The molecule has 2 rings (SSSR count). The molecule has 0 fully saturated rings. The quantitative estimate of drug-likeness (QED) is 0.663. The monoisotopic (exact) mass is 318 g/mol. The number of nitrogens with two attached hydrogens (primary N) is 1.